The number of nitrogens with zero attached hydrogens (tertiary/aromatic N) is 4. The van der Waals surface area contributed by atoms with Crippen molar-refractivity contribution in [2.45, 2.75) is 44.4 Å². The molecule has 0 spiro atoms. The fraction of sp³-hybridized carbons (Fsp3) is 0.375. The maximum absolute atomic E-state index is 14.3. The van der Waals surface area contributed by atoms with E-state index in [0.29, 0.717) is 58.4 Å². The zero-order chi connectivity index (χ0) is 37.8. The smallest absolute Gasteiger partial charge is 0.414 e. The van der Waals surface area contributed by atoms with Gasteiger partial charge in [-0.1, -0.05) is 65.7 Å². The van der Waals surface area contributed by atoms with Crippen molar-refractivity contribution in [3.63, 3.8) is 0 Å². The van der Waals surface area contributed by atoms with E-state index in [0.717, 1.165) is 36.2 Å². The molecule has 2 bridgehead atoms. The first-order valence-electron chi connectivity index (χ1n) is 17.5. The van der Waals surface area contributed by atoms with Gasteiger partial charge in [0, 0.05) is 34.9 Å². The van der Waals surface area contributed by atoms with Crippen LogP contribution in [0.15, 0.2) is 73.1 Å². The minimum Gasteiger partial charge on any atom is -0.545 e. The van der Waals surface area contributed by atoms with E-state index in [1.165, 1.54) is 32.7 Å². The molecule has 3 fully saturated rings. The summed E-state index contributed by atoms with van der Waals surface area (Å²) in [5, 5.41) is 23.2. The number of aromatic nitrogens is 1. The van der Waals surface area contributed by atoms with Crippen LogP contribution in [0.5, 0.6) is 11.5 Å². The van der Waals surface area contributed by atoms with Crippen LogP contribution in [-0.4, -0.2) is 81.1 Å². The van der Waals surface area contributed by atoms with Gasteiger partial charge >= 0.3 is 6.09 Å². The van der Waals surface area contributed by atoms with Crippen molar-refractivity contribution in [3.8, 4) is 11.5 Å². The largest absolute Gasteiger partial charge is 0.545 e. The van der Waals surface area contributed by atoms with Crippen molar-refractivity contribution in [2.24, 2.45) is 5.92 Å². The topological polar surface area (TPSA) is 119 Å². The Morgan fingerprint density at radius 3 is 2.28 bits per heavy atom. The molecule has 11 nitrogen and oxygen atoms in total. The van der Waals surface area contributed by atoms with Crippen molar-refractivity contribution in [1.29, 1.82) is 0 Å². The summed E-state index contributed by atoms with van der Waals surface area (Å²) < 4.78 is 18.2. The van der Waals surface area contributed by atoms with Crippen molar-refractivity contribution in [1.82, 2.24) is 9.80 Å². The number of hydrogen-bond acceptors (Lipinski definition) is 9. The second-order valence-electron chi connectivity index (χ2n) is 13.9. The predicted octanol–water partition coefficient (Wildman–Crippen LogP) is 5.57. The Morgan fingerprint density at radius 2 is 1.66 bits per heavy atom. The zero-order valence-electron chi connectivity index (χ0n) is 30.3. The molecule has 3 saturated heterocycles. The van der Waals surface area contributed by atoms with E-state index in [4.69, 9.17) is 37.4 Å². The second-order valence-corrected chi connectivity index (χ2v) is 14.7. The van der Waals surface area contributed by atoms with Gasteiger partial charge in [-0.3, -0.25) is 15.0 Å². The van der Waals surface area contributed by atoms with Gasteiger partial charge in [-0.05, 0) is 92.8 Å². The summed E-state index contributed by atoms with van der Waals surface area (Å²) in [6.45, 7) is 3.43. The number of hydrogen-bond donors (Lipinski definition) is 1. The Bertz CT molecular complexity index is 1940. The van der Waals surface area contributed by atoms with Crippen LogP contribution in [-0.2, 0) is 24.2 Å². The van der Waals surface area contributed by atoms with Crippen molar-refractivity contribution in [3.05, 3.63) is 116 Å². The van der Waals surface area contributed by atoms with Crippen molar-refractivity contribution < 1.29 is 38.8 Å². The van der Waals surface area contributed by atoms with Gasteiger partial charge in [0.2, 0.25) is 12.4 Å². The molecule has 0 radical (unpaired) electrons. The van der Waals surface area contributed by atoms with Gasteiger partial charge in [-0.25, -0.2) is 4.79 Å². The van der Waals surface area contributed by atoms with E-state index in [2.05, 4.69) is 4.90 Å². The molecule has 0 unspecified atom stereocenters. The highest BCUT2D eigenvalue weighted by molar-refractivity contribution is 6.35. The quantitative estimate of drug-likeness (QED) is 0.138. The number of benzene rings is 3. The molecule has 3 aliphatic heterocycles. The van der Waals surface area contributed by atoms with Crippen LogP contribution in [0.2, 0.25) is 10.0 Å². The number of fused-ring (bicyclic) bond motifs is 3. The lowest BCUT2D eigenvalue weighted by molar-refractivity contribution is -0.904. The first-order chi connectivity index (χ1) is 25.4. The number of carbonyl (C=O) groups excluding carboxylic acids is 2. The number of halogens is 2. The summed E-state index contributed by atoms with van der Waals surface area (Å²) in [6.07, 6.45) is 4.09. The Kier molecular flexibility index (Phi) is 12.0. The predicted molar refractivity (Wildman–Crippen MR) is 199 cm³/mol. The second kappa shape index (κ2) is 16.6. The molecule has 0 saturated carbocycles. The molecule has 13 heteroatoms. The number of aromatic carboxylic acids is 1. The molecule has 7 rings (SSSR count). The SMILES string of the molecule is COc1ccc([C@H](Cc2c(Cl)c[n+](O)cc2Cl)c2cc(CN(C(=O)O[C@H]3CN4CCC3CC4)c3ccccc3CN(C)C)ccc2C(=O)[O-])cc1OC. The molecule has 280 valence electrons. The van der Waals surface area contributed by atoms with Crippen LogP contribution < -0.4 is 24.2 Å². The first-order valence-corrected chi connectivity index (χ1v) is 18.3. The van der Waals surface area contributed by atoms with Crippen LogP contribution in [0.4, 0.5) is 10.5 Å². The van der Waals surface area contributed by atoms with E-state index in [1.54, 1.807) is 29.2 Å². The number of carbonyl (C=O) groups is 2. The summed E-state index contributed by atoms with van der Waals surface area (Å²) in [4.78, 5) is 33.1. The fourth-order valence-electron chi connectivity index (χ4n) is 7.52. The third-order valence-electron chi connectivity index (χ3n) is 10.2. The Hall–Kier alpha value is -4.55. The van der Waals surface area contributed by atoms with E-state index in [-0.39, 0.29) is 34.7 Å². The monoisotopic (exact) mass is 762 g/mol. The van der Waals surface area contributed by atoms with Crippen LogP contribution in [0.25, 0.3) is 0 Å². The molecule has 1 aromatic heterocycles. The van der Waals surface area contributed by atoms with Gasteiger partial charge in [0.25, 0.3) is 0 Å². The molecule has 1 N–H and O–H groups in total. The Balaban J connectivity index is 1.45. The van der Waals surface area contributed by atoms with Gasteiger partial charge in [-0.2, -0.15) is 0 Å². The van der Waals surface area contributed by atoms with Gasteiger partial charge in [-0.15, -0.1) is 0 Å². The average molecular weight is 764 g/mol. The highest BCUT2D eigenvalue weighted by Crippen LogP contribution is 2.40. The lowest BCUT2D eigenvalue weighted by Gasteiger charge is -2.44. The molecule has 4 aromatic rings. The number of amides is 1. The van der Waals surface area contributed by atoms with Gasteiger partial charge in [0.15, 0.2) is 11.5 Å². The van der Waals surface area contributed by atoms with Crippen molar-refractivity contribution >= 4 is 41.0 Å². The number of ether oxygens (including phenoxy) is 3. The van der Waals surface area contributed by atoms with E-state index >= 15 is 0 Å². The van der Waals surface area contributed by atoms with Crippen molar-refractivity contribution in [2.75, 3.05) is 52.8 Å². The third-order valence-corrected chi connectivity index (χ3v) is 10.8. The normalized spacial score (nSPS) is 18.4. The van der Waals surface area contributed by atoms with Crippen LogP contribution in [0.1, 0.15) is 56.9 Å². The summed E-state index contributed by atoms with van der Waals surface area (Å²) in [5.41, 5.74) is 3.86. The molecular weight excluding hydrogens is 719 g/mol. The number of anilines is 1. The molecule has 2 atom stereocenters. The third kappa shape index (κ3) is 8.65. The van der Waals surface area contributed by atoms with E-state index < -0.39 is 18.0 Å². The number of methoxy groups -OCH3 is 2. The molecule has 0 aliphatic carbocycles. The number of para-hydroxylation sites is 1. The van der Waals surface area contributed by atoms with Gasteiger partial charge < -0.3 is 29.0 Å². The standard InChI is InChI=1S/C40H44Cl2N4O7/c1-43(2)21-28-7-5-6-8-35(28)46(40(49)53-38-24-44-15-13-26(38)14-16-44)20-25-9-11-29(39(47)48)31(17-25)30(19-32-33(41)22-45(50)23-34(32)42)27-10-12-36(51-3)37(18-27)52-4/h5-12,17-18,22-23,26,30,38H,13-16,19-21,24H2,1-4H3,(H-,47,48,50)/t30-,38-/m0/s1. The number of pyridine rings is 1. The lowest BCUT2D eigenvalue weighted by Crippen LogP contribution is -2.53. The average Bonchev–Trinajstić information content (AvgIpc) is 3.13. The minimum absolute atomic E-state index is 0.0386. The lowest BCUT2D eigenvalue weighted by atomic mass is 9.82. The summed E-state index contributed by atoms with van der Waals surface area (Å²) in [5.74, 6) is -0.768. The molecular formula is C40H44Cl2N4O7. The number of rotatable bonds is 13. The first kappa shape index (κ1) is 38.2. The maximum atomic E-state index is 14.3. The van der Waals surface area contributed by atoms with Crippen LogP contribution >= 0.6 is 23.2 Å². The number of piperidine rings is 3. The number of carboxylic acids is 1. The maximum Gasteiger partial charge on any atom is 0.414 e. The van der Waals surface area contributed by atoms with Gasteiger partial charge in [0.05, 0.1) is 32.4 Å². The van der Waals surface area contributed by atoms with Crippen LogP contribution in [0.3, 0.4) is 0 Å². The Labute approximate surface area is 319 Å². The van der Waals surface area contributed by atoms with Gasteiger partial charge in [0.1, 0.15) is 16.1 Å². The summed E-state index contributed by atoms with van der Waals surface area (Å²) in [7, 11) is 6.99. The van der Waals surface area contributed by atoms with Crippen LogP contribution in [0, 0.1) is 5.92 Å². The zero-order valence-corrected chi connectivity index (χ0v) is 31.8. The summed E-state index contributed by atoms with van der Waals surface area (Å²) >= 11 is 13.2. The van der Waals surface area contributed by atoms with E-state index in [1.807, 2.05) is 49.3 Å². The summed E-state index contributed by atoms with van der Waals surface area (Å²) in [6, 6.07) is 18.1. The highest BCUT2D eigenvalue weighted by atomic mass is 35.5. The number of carboxylic acid groups (broad SMARTS) is 1. The molecule has 1 amide bonds. The Morgan fingerprint density at radius 1 is 0.962 bits per heavy atom. The molecule has 3 aromatic carbocycles. The molecule has 53 heavy (non-hydrogen) atoms. The fourth-order valence-corrected chi connectivity index (χ4v) is 8.12. The van der Waals surface area contributed by atoms with E-state index in [9.17, 15) is 19.9 Å². The minimum atomic E-state index is -1.37. The molecule has 3 aliphatic rings. The highest BCUT2D eigenvalue weighted by Gasteiger charge is 2.38. The molecule has 4 heterocycles.